The number of aryl methyl sites for hydroxylation is 1. The number of hydrogen-bond donors (Lipinski definition) is 2. The summed E-state index contributed by atoms with van der Waals surface area (Å²) in [6, 6.07) is 11.4. The van der Waals surface area contributed by atoms with Crippen molar-refractivity contribution >= 4 is 16.7 Å². The topological polar surface area (TPSA) is 94.5 Å². The van der Waals surface area contributed by atoms with Crippen LogP contribution in [0.5, 0.6) is 0 Å². The first-order valence-corrected chi connectivity index (χ1v) is 8.31. The molecule has 0 spiro atoms. The van der Waals surface area contributed by atoms with E-state index in [4.69, 9.17) is 0 Å². The lowest BCUT2D eigenvalue weighted by Gasteiger charge is -2.13. The summed E-state index contributed by atoms with van der Waals surface area (Å²) in [5, 5.41) is 22.1. The van der Waals surface area contributed by atoms with Crippen molar-refractivity contribution in [2.24, 2.45) is 0 Å². The summed E-state index contributed by atoms with van der Waals surface area (Å²) in [6.07, 6.45) is 1.47. The Kier molecular flexibility index (Phi) is 4.75. The van der Waals surface area contributed by atoms with Gasteiger partial charge in [-0.2, -0.15) is 10.4 Å². The number of anilines is 1. The van der Waals surface area contributed by atoms with Gasteiger partial charge in [0, 0.05) is 23.5 Å². The molecule has 0 aliphatic heterocycles. The number of hydrogen-bond acceptors (Lipinski definition) is 5. The van der Waals surface area contributed by atoms with Crippen molar-refractivity contribution in [1.29, 1.82) is 5.26 Å². The van der Waals surface area contributed by atoms with E-state index in [1.54, 1.807) is 6.07 Å². The van der Waals surface area contributed by atoms with Gasteiger partial charge in [-0.05, 0) is 30.0 Å². The minimum absolute atomic E-state index is 0.155. The summed E-state index contributed by atoms with van der Waals surface area (Å²) in [6.45, 7) is 4.40. The second-order valence-corrected chi connectivity index (χ2v) is 5.73. The van der Waals surface area contributed by atoms with Crippen LogP contribution in [0.3, 0.4) is 0 Å². The maximum Gasteiger partial charge on any atom is 0.248 e. The number of rotatable bonds is 5. The molecule has 1 aromatic carbocycles. The van der Waals surface area contributed by atoms with Gasteiger partial charge >= 0.3 is 0 Å². The van der Waals surface area contributed by atoms with E-state index in [0.717, 1.165) is 40.6 Å². The van der Waals surface area contributed by atoms with Crippen molar-refractivity contribution < 1.29 is 0 Å². The highest BCUT2D eigenvalue weighted by molar-refractivity contribution is 5.82. The van der Waals surface area contributed by atoms with E-state index in [-0.39, 0.29) is 5.56 Å². The third kappa shape index (κ3) is 3.22. The highest BCUT2D eigenvalue weighted by atomic mass is 16.1. The van der Waals surface area contributed by atoms with Crippen LogP contribution in [0, 0.1) is 11.3 Å². The highest BCUT2D eigenvalue weighted by Crippen LogP contribution is 2.21. The van der Waals surface area contributed by atoms with Gasteiger partial charge in [-0.3, -0.25) is 4.79 Å². The zero-order valence-corrected chi connectivity index (χ0v) is 14.3. The number of benzene rings is 1. The third-order valence-corrected chi connectivity index (χ3v) is 4.24. The Bertz CT molecular complexity index is 1020. The molecular weight excluding hydrogens is 314 g/mol. The van der Waals surface area contributed by atoms with E-state index < -0.39 is 0 Å². The maximum absolute atomic E-state index is 11.9. The van der Waals surface area contributed by atoms with Gasteiger partial charge < -0.3 is 10.3 Å². The predicted octanol–water partition coefficient (Wildman–Crippen LogP) is 2.93. The molecule has 0 atom stereocenters. The highest BCUT2D eigenvalue weighted by Gasteiger charge is 2.14. The zero-order valence-electron chi connectivity index (χ0n) is 14.3. The minimum atomic E-state index is -0.155. The molecule has 6 heteroatoms. The van der Waals surface area contributed by atoms with Crippen LogP contribution in [0.25, 0.3) is 10.9 Å². The number of para-hydroxylation sites is 1. The summed E-state index contributed by atoms with van der Waals surface area (Å²) in [5.41, 5.74) is 3.79. The molecular formula is C19H19N5O. The smallest absolute Gasteiger partial charge is 0.248 e. The quantitative estimate of drug-likeness (QED) is 0.748. The first-order valence-electron chi connectivity index (χ1n) is 8.31. The lowest BCUT2D eigenvalue weighted by Crippen LogP contribution is -2.12. The average Bonchev–Trinajstić information content (AvgIpc) is 2.64. The van der Waals surface area contributed by atoms with Crippen molar-refractivity contribution in [3.63, 3.8) is 0 Å². The van der Waals surface area contributed by atoms with Gasteiger partial charge in [0.1, 0.15) is 11.6 Å². The standard InChI is InChI=1S/C19H19N5O/c1-3-13-15(10-20)19(24-23-16(13)4-2)21-11-12-9-18(25)22-17-8-6-5-7-14(12)17/h5-9H,3-4,11H2,1-2H3,(H,21,24)(H,22,25). The Hall–Kier alpha value is -3.20. The molecule has 0 fully saturated rings. The van der Waals surface area contributed by atoms with Crippen molar-refractivity contribution in [3.8, 4) is 6.07 Å². The van der Waals surface area contributed by atoms with E-state index in [0.29, 0.717) is 17.9 Å². The molecule has 0 aliphatic rings. The van der Waals surface area contributed by atoms with Crippen LogP contribution in [-0.2, 0) is 19.4 Å². The van der Waals surface area contributed by atoms with Crippen molar-refractivity contribution in [2.45, 2.75) is 33.2 Å². The molecule has 6 nitrogen and oxygen atoms in total. The van der Waals surface area contributed by atoms with Crippen LogP contribution >= 0.6 is 0 Å². The van der Waals surface area contributed by atoms with Crippen molar-refractivity contribution in [1.82, 2.24) is 15.2 Å². The zero-order chi connectivity index (χ0) is 17.8. The lowest BCUT2D eigenvalue weighted by molar-refractivity contribution is 0.869. The molecule has 25 heavy (non-hydrogen) atoms. The number of H-pyrrole nitrogens is 1. The van der Waals surface area contributed by atoms with Crippen LogP contribution in [0.15, 0.2) is 35.1 Å². The van der Waals surface area contributed by atoms with Crippen molar-refractivity contribution in [3.05, 3.63) is 63.1 Å². The summed E-state index contributed by atoms with van der Waals surface area (Å²) < 4.78 is 0. The fourth-order valence-corrected chi connectivity index (χ4v) is 3.02. The van der Waals surface area contributed by atoms with Gasteiger partial charge in [-0.25, -0.2) is 0 Å². The molecule has 3 aromatic rings. The molecule has 3 rings (SSSR count). The van der Waals surface area contributed by atoms with Crippen LogP contribution < -0.4 is 10.9 Å². The molecule has 0 radical (unpaired) electrons. The third-order valence-electron chi connectivity index (χ3n) is 4.24. The SMILES string of the molecule is CCc1nnc(NCc2cc(=O)[nH]c3ccccc23)c(C#N)c1CC. The molecule has 2 heterocycles. The van der Waals surface area contributed by atoms with E-state index in [1.165, 1.54) is 0 Å². The number of nitriles is 1. The summed E-state index contributed by atoms with van der Waals surface area (Å²) in [5.74, 6) is 0.459. The van der Waals surface area contributed by atoms with E-state index in [2.05, 4.69) is 26.6 Å². The Balaban J connectivity index is 1.98. The first kappa shape index (κ1) is 16.7. The number of pyridine rings is 1. The van der Waals surface area contributed by atoms with Gasteiger partial charge in [0.05, 0.1) is 5.69 Å². The van der Waals surface area contributed by atoms with Crippen LogP contribution in [-0.4, -0.2) is 15.2 Å². The second-order valence-electron chi connectivity index (χ2n) is 5.73. The van der Waals surface area contributed by atoms with Crippen molar-refractivity contribution in [2.75, 3.05) is 5.32 Å². The molecule has 0 saturated heterocycles. The molecule has 126 valence electrons. The number of aromatic amines is 1. The molecule has 0 aliphatic carbocycles. The Morgan fingerprint density at radius 2 is 2.00 bits per heavy atom. The number of fused-ring (bicyclic) bond motifs is 1. The van der Waals surface area contributed by atoms with Gasteiger partial charge in [-0.1, -0.05) is 32.0 Å². The van der Waals surface area contributed by atoms with Gasteiger partial charge in [0.25, 0.3) is 0 Å². The number of nitrogens with zero attached hydrogens (tertiary/aromatic N) is 3. The molecule has 0 amide bonds. The summed E-state index contributed by atoms with van der Waals surface area (Å²) in [4.78, 5) is 14.7. The molecule has 0 bridgehead atoms. The number of aromatic nitrogens is 3. The average molecular weight is 333 g/mol. The van der Waals surface area contributed by atoms with Gasteiger partial charge in [0.2, 0.25) is 5.56 Å². The van der Waals surface area contributed by atoms with Crippen LogP contribution in [0.1, 0.15) is 36.2 Å². The Morgan fingerprint density at radius 3 is 2.72 bits per heavy atom. The minimum Gasteiger partial charge on any atom is -0.363 e. The fraction of sp³-hybridized carbons (Fsp3) is 0.263. The Morgan fingerprint density at radius 1 is 1.20 bits per heavy atom. The van der Waals surface area contributed by atoms with Crippen LogP contribution in [0.4, 0.5) is 5.82 Å². The Labute approximate surface area is 145 Å². The summed E-state index contributed by atoms with van der Waals surface area (Å²) in [7, 11) is 0. The number of nitrogens with one attached hydrogen (secondary N) is 2. The molecule has 2 aromatic heterocycles. The molecule has 0 saturated carbocycles. The van der Waals surface area contributed by atoms with E-state index >= 15 is 0 Å². The second kappa shape index (κ2) is 7.14. The van der Waals surface area contributed by atoms with E-state index in [1.807, 2.05) is 38.1 Å². The maximum atomic E-state index is 11.9. The normalized spacial score (nSPS) is 10.6. The molecule has 0 unspecified atom stereocenters. The predicted molar refractivity (Wildman–Crippen MR) is 97.4 cm³/mol. The monoisotopic (exact) mass is 333 g/mol. The first-order chi connectivity index (χ1) is 12.2. The van der Waals surface area contributed by atoms with Crippen LogP contribution in [0.2, 0.25) is 0 Å². The lowest BCUT2D eigenvalue weighted by atomic mass is 10.0. The van der Waals surface area contributed by atoms with Gasteiger partial charge in [-0.15, -0.1) is 5.10 Å². The van der Waals surface area contributed by atoms with Gasteiger partial charge in [0.15, 0.2) is 5.82 Å². The fourth-order valence-electron chi connectivity index (χ4n) is 3.02. The van der Waals surface area contributed by atoms with E-state index in [9.17, 15) is 10.1 Å². The molecule has 2 N–H and O–H groups in total. The largest absolute Gasteiger partial charge is 0.363 e. The summed E-state index contributed by atoms with van der Waals surface area (Å²) >= 11 is 0.